The highest BCUT2D eigenvalue weighted by Crippen LogP contribution is 2.30. The number of carbonyl (C=O) groups excluding carboxylic acids is 2. The maximum atomic E-state index is 14.2. The van der Waals surface area contributed by atoms with Gasteiger partial charge in [-0.15, -0.1) is 0 Å². The Kier molecular flexibility index (Phi) is 7.34. The van der Waals surface area contributed by atoms with Crippen LogP contribution in [0.25, 0.3) is 11.0 Å². The van der Waals surface area contributed by atoms with E-state index in [2.05, 4.69) is 20.6 Å². The number of H-pyrrole nitrogens is 1. The summed E-state index contributed by atoms with van der Waals surface area (Å²) in [5, 5.41) is 6.02. The van der Waals surface area contributed by atoms with Crippen LogP contribution in [-0.2, 0) is 17.8 Å². The molecule has 2 unspecified atom stereocenters. The van der Waals surface area contributed by atoms with E-state index in [0.29, 0.717) is 48.5 Å². The molecule has 2 aliphatic heterocycles. The van der Waals surface area contributed by atoms with Crippen LogP contribution in [0.3, 0.4) is 0 Å². The van der Waals surface area contributed by atoms with Crippen molar-refractivity contribution in [1.29, 1.82) is 0 Å². The molecule has 0 bridgehead atoms. The average Bonchev–Trinajstić information content (AvgIpc) is 3.42. The van der Waals surface area contributed by atoms with Crippen LogP contribution in [0.2, 0.25) is 0 Å². The molecule has 0 spiro atoms. The second-order valence-electron chi connectivity index (χ2n) is 10.6. The number of nitrogens with one attached hydrogen (secondary N) is 3. The fourth-order valence-corrected chi connectivity index (χ4v) is 5.38. The molecule has 3 aromatic rings. The number of hydrogen-bond acceptors (Lipinski definition) is 5. The van der Waals surface area contributed by atoms with Gasteiger partial charge in [-0.3, -0.25) is 9.59 Å². The molecule has 1 fully saturated rings. The number of likely N-dealkylation sites (N-methyl/N-ethyl adjacent to an activating group) is 1. The number of imidazole rings is 1. The zero-order chi connectivity index (χ0) is 28.0. The fraction of sp³-hybridized carbons (Fsp3) is 0.444. The summed E-state index contributed by atoms with van der Waals surface area (Å²) < 4.78 is 55.8. The second kappa shape index (κ2) is 10.6. The van der Waals surface area contributed by atoms with E-state index in [0.717, 1.165) is 12.1 Å². The largest absolute Gasteiger partial charge is 0.355 e. The van der Waals surface area contributed by atoms with E-state index in [-0.39, 0.29) is 24.3 Å². The van der Waals surface area contributed by atoms with Crippen LogP contribution in [0.1, 0.15) is 46.6 Å². The number of aromatic amines is 1. The minimum atomic E-state index is -1.46. The molecule has 3 atom stereocenters. The van der Waals surface area contributed by atoms with Crippen molar-refractivity contribution >= 4 is 22.8 Å². The Labute approximate surface area is 222 Å². The molecule has 2 amide bonds. The van der Waals surface area contributed by atoms with Gasteiger partial charge in [-0.1, -0.05) is 0 Å². The zero-order valence-corrected chi connectivity index (χ0v) is 21.9. The summed E-state index contributed by atoms with van der Waals surface area (Å²) in [4.78, 5) is 37.5. The van der Waals surface area contributed by atoms with Crippen LogP contribution < -0.4 is 10.6 Å². The number of fused-ring (bicyclic) bond motifs is 2. The Balaban J connectivity index is 1.36. The lowest BCUT2D eigenvalue weighted by molar-refractivity contribution is -0.124. The van der Waals surface area contributed by atoms with Gasteiger partial charge in [0.2, 0.25) is 5.91 Å². The first-order chi connectivity index (χ1) is 18.5. The Hall–Kier alpha value is -3.51. The van der Waals surface area contributed by atoms with Gasteiger partial charge in [0.25, 0.3) is 5.91 Å². The Morgan fingerprint density at radius 2 is 1.85 bits per heavy atom. The lowest BCUT2D eigenvalue weighted by Gasteiger charge is -2.33. The zero-order valence-electron chi connectivity index (χ0n) is 21.9. The molecule has 0 aliphatic carbocycles. The standard InChI is InChI=1S/C27H30F4N6O2/c1-13(8-16-23(30)17(28)11-18(29)24(16)31)33-19-4-5-32-26(38)22(19)25-34-20-9-14-12-37(7-6-36(2)3)27(39)15(14)10-21(20)35-25/h9-11,13,19,22,33H,4-8,12H2,1-3H3,(H,32,38)(H,34,35)/t13-,19?,22?/m0/s1. The van der Waals surface area contributed by atoms with Crippen LogP contribution in [0, 0.1) is 23.3 Å². The smallest absolute Gasteiger partial charge is 0.254 e. The first-order valence-electron chi connectivity index (χ1n) is 12.9. The van der Waals surface area contributed by atoms with Crippen LogP contribution in [0.15, 0.2) is 18.2 Å². The van der Waals surface area contributed by atoms with Crippen LogP contribution >= 0.6 is 0 Å². The van der Waals surface area contributed by atoms with E-state index in [1.54, 1.807) is 17.9 Å². The second-order valence-corrected chi connectivity index (χ2v) is 10.6. The quantitative estimate of drug-likeness (QED) is 0.299. The molecule has 3 N–H and O–H groups in total. The Bertz CT molecular complexity index is 1420. The lowest BCUT2D eigenvalue weighted by atomic mass is 9.90. The summed E-state index contributed by atoms with van der Waals surface area (Å²) >= 11 is 0. The highest BCUT2D eigenvalue weighted by molar-refractivity contribution is 6.01. The summed E-state index contributed by atoms with van der Waals surface area (Å²) in [6.07, 6.45) is 0.173. The van der Waals surface area contributed by atoms with Gasteiger partial charge in [0.1, 0.15) is 11.7 Å². The van der Waals surface area contributed by atoms with Crippen molar-refractivity contribution in [3.63, 3.8) is 0 Å². The van der Waals surface area contributed by atoms with Gasteiger partial charge < -0.3 is 25.4 Å². The van der Waals surface area contributed by atoms with Crippen molar-refractivity contribution in [3.8, 4) is 0 Å². The highest BCUT2D eigenvalue weighted by Gasteiger charge is 2.37. The molecular weight excluding hydrogens is 516 g/mol. The van der Waals surface area contributed by atoms with Gasteiger partial charge in [0.05, 0.1) is 11.0 Å². The van der Waals surface area contributed by atoms with Gasteiger partial charge in [0.15, 0.2) is 23.3 Å². The molecule has 0 radical (unpaired) electrons. The van der Waals surface area contributed by atoms with E-state index < -0.39 is 46.8 Å². The summed E-state index contributed by atoms with van der Waals surface area (Å²) in [7, 11) is 3.90. The number of benzene rings is 2. The van der Waals surface area contributed by atoms with Gasteiger partial charge in [0, 0.05) is 55.5 Å². The number of piperidine rings is 1. The van der Waals surface area contributed by atoms with Crippen molar-refractivity contribution in [1.82, 2.24) is 30.4 Å². The van der Waals surface area contributed by atoms with Crippen molar-refractivity contribution in [3.05, 3.63) is 64.0 Å². The van der Waals surface area contributed by atoms with E-state index >= 15 is 0 Å². The summed E-state index contributed by atoms with van der Waals surface area (Å²) in [6.45, 7) is 3.85. The van der Waals surface area contributed by atoms with Gasteiger partial charge in [-0.2, -0.15) is 0 Å². The van der Waals surface area contributed by atoms with E-state index in [1.807, 2.05) is 25.1 Å². The lowest BCUT2D eigenvalue weighted by Crippen LogP contribution is -2.52. The molecule has 2 aliphatic rings. The molecule has 1 aromatic heterocycles. The maximum absolute atomic E-state index is 14.2. The van der Waals surface area contributed by atoms with Gasteiger partial charge in [-0.25, -0.2) is 22.5 Å². The SMILES string of the molecule is C[C@@H](Cc1c(F)c(F)cc(F)c1F)NC1CCNC(=O)C1c1nc2cc3c(cc2[nH]1)CN(CCN(C)C)C3=O. The predicted molar refractivity (Wildman–Crippen MR) is 136 cm³/mol. The topological polar surface area (TPSA) is 93.4 Å². The fourth-order valence-electron chi connectivity index (χ4n) is 5.38. The number of rotatable bonds is 8. The van der Waals surface area contributed by atoms with Crippen molar-refractivity contribution in [2.45, 2.75) is 44.3 Å². The maximum Gasteiger partial charge on any atom is 0.254 e. The average molecular weight is 547 g/mol. The molecule has 0 saturated carbocycles. The Morgan fingerprint density at radius 1 is 1.13 bits per heavy atom. The molecule has 39 heavy (non-hydrogen) atoms. The molecular formula is C27H30F4N6O2. The Morgan fingerprint density at radius 3 is 2.54 bits per heavy atom. The van der Waals surface area contributed by atoms with Crippen molar-refractivity contribution in [2.75, 3.05) is 33.7 Å². The monoisotopic (exact) mass is 546 g/mol. The normalized spacial score (nSPS) is 20.2. The molecule has 1 saturated heterocycles. The number of halogens is 4. The van der Waals surface area contributed by atoms with Crippen LogP contribution in [0.5, 0.6) is 0 Å². The number of hydrogen-bond donors (Lipinski definition) is 3. The predicted octanol–water partition coefficient (Wildman–Crippen LogP) is 2.83. The van der Waals surface area contributed by atoms with Crippen LogP contribution in [0.4, 0.5) is 17.6 Å². The highest BCUT2D eigenvalue weighted by atomic mass is 19.2. The molecule has 5 rings (SSSR count). The summed E-state index contributed by atoms with van der Waals surface area (Å²) in [5.41, 5.74) is 2.02. The minimum Gasteiger partial charge on any atom is -0.355 e. The minimum absolute atomic E-state index is 0.0599. The van der Waals surface area contributed by atoms with Crippen LogP contribution in [-0.4, -0.2) is 77.4 Å². The third-order valence-electron chi connectivity index (χ3n) is 7.37. The first-order valence-corrected chi connectivity index (χ1v) is 12.9. The molecule has 2 aromatic carbocycles. The van der Waals surface area contributed by atoms with Gasteiger partial charge >= 0.3 is 0 Å². The molecule has 12 heteroatoms. The molecule has 3 heterocycles. The van der Waals surface area contributed by atoms with Crippen molar-refractivity contribution in [2.24, 2.45) is 0 Å². The third kappa shape index (κ3) is 5.22. The van der Waals surface area contributed by atoms with Crippen molar-refractivity contribution < 1.29 is 27.2 Å². The van der Waals surface area contributed by atoms with E-state index in [9.17, 15) is 27.2 Å². The van der Waals surface area contributed by atoms with E-state index in [4.69, 9.17) is 0 Å². The first kappa shape index (κ1) is 27.1. The molecule has 208 valence electrons. The number of aromatic nitrogens is 2. The summed E-state index contributed by atoms with van der Waals surface area (Å²) in [6, 6.07) is 2.71. The van der Waals surface area contributed by atoms with E-state index in [1.165, 1.54) is 0 Å². The number of amides is 2. The number of nitrogens with zero attached hydrogens (tertiary/aromatic N) is 3. The number of carbonyl (C=O) groups is 2. The summed E-state index contributed by atoms with van der Waals surface area (Å²) in [5.74, 6) is -6.48. The molecule has 8 nitrogen and oxygen atoms in total. The van der Waals surface area contributed by atoms with Gasteiger partial charge in [-0.05, 0) is 51.6 Å². The third-order valence-corrected chi connectivity index (χ3v) is 7.37.